The van der Waals surface area contributed by atoms with Crippen molar-refractivity contribution in [3.63, 3.8) is 0 Å². The Hall–Kier alpha value is -2.18. The molecule has 2 unspecified atom stereocenters. The third-order valence-electron chi connectivity index (χ3n) is 5.07. The summed E-state index contributed by atoms with van der Waals surface area (Å²) in [6, 6.07) is 13.4. The SMILES string of the molecule is Fc1cccnc1NCC1COC2(COCCN(c3ccccc3)C2)C1. The summed E-state index contributed by atoms with van der Waals surface area (Å²) < 4.78 is 25.8. The Kier molecular flexibility index (Phi) is 5.04. The van der Waals surface area contributed by atoms with Gasteiger partial charge in [0.1, 0.15) is 5.60 Å². The number of anilines is 2. The van der Waals surface area contributed by atoms with Crippen LogP contribution in [0.25, 0.3) is 0 Å². The number of nitrogens with one attached hydrogen (secondary N) is 1. The van der Waals surface area contributed by atoms with Crippen molar-refractivity contribution >= 4 is 11.5 Å². The number of rotatable bonds is 4. The molecule has 2 saturated heterocycles. The van der Waals surface area contributed by atoms with Crippen molar-refractivity contribution in [2.24, 2.45) is 5.92 Å². The first-order valence-corrected chi connectivity index (χ1v) is 9.10. The minimum absolute atomic E-state index is 0.302. The maximum Gasteiger partial charge on any atom is 0.165 e. The Morgan fingerprint density at radius 1 is 1.23 bits per heavy atom. The number of hydrogen-bond acceptors (Lipinski definition) is 5. The van der Waals surface area contributed by atoms with Gasteiger partial charge in [-0.3, -0.25) is 0 Å². The topological polar surface area (TPSA) is 46.6 Å². The van der Waals surface area contributed by atoms with Crippen LogP contribution in [0.1, 0.15) is 6.42 Å². The molecule has 2 atom stereocenters. The van der Waals surface area contributed by atoms with Gasteiger partial charge in [0, 0.05) is 37.4 Å². The number of pyridine rings is 1. The molecule has 1 aromatic carbocycles. The molecule has 4 rings (SSSR count). The van der Waals surface area contributed by atoms with Gasteiger partial charge in [0.15, 0.2) is 11.6 Å². The zero-order valence-electron chi connectivity index (χ0n) is 14.7. The van der Waals surface area contributed by atoms with Crippen LogP contribution in [0, 0.1) is 11.7 Å². The fraction of sp³-hybridized carbons (Fsp3) is 0.450. The monoisotopic (exact) mass is 357 g/mol. The van der Waals surface area contributed by atoms with Gasteiger partial charge < -0.3 is 19.7 Å². The number of para-hydroxylation sites is 1. The van der Waals surface area contributed by atoms with Gasteiger partial charge in [-0.2, -0.15) is 0 Å². The summed E-state index contributed by atoms with van der Waals surface area (Å²) in [5.41, 5.74) is 0.888. The zero-order chi connectivity index (χ0) is 17.8. The third-order valence-corrected chi connectivity index (χ3v) is 5.07. The fourth-order valence-corrected chi connectivity index (χ4v) is 3.80. The van der Waals surface area contributed by atoms with Crippen molar-refractivity contribution in [2.45, 2.75) is 12.0 Å². The van der Waals surface area contributed by atoms with E-state index >= 15 is 0 Å². The van der Waals surface area contributed by atoms with Crippen molar-refractivity contribution in [3.8, 4) is 0 Å². The summed E-state index contributed by atoms with van der Waals surface area (Å²) in [5, 5.41) is 3.11. The molecular weight excluding hydrogens is 333 g/mol. The van der Waals surface area contributed by atoms with E-state index in [2.05, 4.69) is 39.5 Å². The summed E-state index contributed by atoms with van der Waals surface area (Å²) in [4.78, 5) is 6.38. The Bertz CT molecular complexity index is 730. The van der Waals surface area contributed by atoms with Gasteiger partial charge in [-0.15, -0.1) is 0 Å². The quantitative estimate of drug-likeness (QED) is 0.912. The largest absolute Gasteiger partial charge is 0.377 e. The summed E-state index contributed by atoms with van der Waals surface area (Å²) in [5.74, 6) is 0.279. The molecule has 0 aliphatic carbocycles. The molecule has 0 bridgehead atoms. The highest BCUT2D eigenvalue weighted by Crippen LogP contribution is 2.34. The van der Waals surface area contributed by atoms with Crippen molar-refractivity contribution in [1.82, 2.24) is 4.98 Å². The second-order valence-corrected chi connectivity index (χ2v) is 7.09. The second-order valence-electron chi connectivity index (χ2n) is 7.09. The average molecular weight is 357 g/mol. The van der Waals surface area contributed by atoms with E-state index < -0.39 is 0 Å². The molecule has 2 aromatic rings. The highest BCUT2D eigenvalue weighted by molar-refractivity contribution is 5.46. The van der Waals surface area contributed by atoms with E-state index in [9.17, 15) is 4.39 Å². The summed E-state index contributed by atoms with van der Waals surface area (Å²) in [6.45, 7) is 4.25. The smallest absolute Gasteiger partial charge is 0.165 e. The van der Waals surface area contributed by atoms with E-state index in [1.54, 1.807) is 12.3 Å². The molecular formula is C20H24FN3O2. The normalized spacial score (nSPS) is 26.0. The fourth-order valence-electron chi connectivity index (χ4n) is 3.80. The number of halogens is 1. The molecule has 1 aromatic heterocycles. The van der Waals surface area contributed by atoms with Gasteiger partial charge in [-0.05, 0) is 30.7 Å². The van der Waals surface area contributed by atoms with E-state index in [0.29, 0.717) is 38.1 Å². The molecule has 2 fully saturated rings. The second kappa shape index (κ2) is 7.60. The van der Waals surface area contributed by atoms with Crippen LogP contribution in [0.15, 0.2) is 48.7 Å². The number of benzene rings is 1. The van der Waals surface area contributed by atoms with E-state index in [1.165, 1.54) is 11.8 Å². The van der Waals surface area contributed by atoms with Crippen molar-refractivity contribution in [2.75, 3.05) is 49.7 Å². The van der Waals surface area contributed by atoms with Crippen LogP contribution in [0.4, 0.5) is 15.9 Å². The Balaban J connectivity index is 1.40. The standard InChI is InChI=1S/C20H24FN3O2/c21-18-7-4-8-22-19(18)23-12-16-11-20(26-13-16)14-24(9-10-25-15-20)17-5-2-1-3-6-17/h1-8,16H,9-15H2,(H,22,23). The van der Waals surface area contributed by atoms with Gasteiger partial charge in [0.2, 0.25) is 0 Å². The van der Waals surface area contributed by atoms with Crippen LogP contribution >= 0.6 is 0 Å². The Morgan fingerprint density at radius 2 is 2.12 bits per heavy atom. The van der Waals surface area contributed by atoms with Gasteiger partial charge in [0.25, 0.3) is 0 Å². The van der Waals surface area contributed by atoms with Crippen molar-refractivity contribution in [1.29, 1.82) is 0 Å². The van der Waals surface area contributed by atoms with Gasteiger partial charge in [-0.25, -0.2) is 9.37 Å². The van der Waals surface area contributed by atoms with E-state index in [-0.39, 0.29) is 11.4 Å². The molecule has 0 amide bonds. The molecule has 6 heteroatoms. The number of ether oxygens (including phenoxy) is 2. The lowest BCUT2D eigenvalue weighted by Gasteiger charge is -2.32. The van der Waals surface area contributed by atoms with Crippen molar-refractivity contribution < 1.29 is 13.9 Å². The average Bonchev–Trinajstić information content (AvgIpc) is 2.94. The maximum atomic E-state index is 13.7. The zero-order valence-corrected chi connectivity index (χ0v) is 14.7. The highest BCUT2D eigenvalue weighted by atomic mass is 19.1. The predicted octanol–water partition coefficient (Wildman–Crippen LogP) is 2.94. The minimum Gasteiger partial charge on any atom is -0.377 e. The van der Waals surface area contributed by atoms with Crippen LogP contribution in [0.5, 0.6) is 0 Å². The maximum absolute atomic E-state index is 13.7. The third kappa shape index (κ3) is 3.81. The number of aromatic nitrogens is 1. The van der Waals surface area contributed by atoms with Gasteiger partial charge in [-0.1, -0.05) is 18.2 Å². The Morgan fingerprint density at radius 3 is 2.96 bits per heavy atom. The molecule has 3 heterocycles. The van der Waals surface area contributed by atoms with Gasteiger partial charge >= 0.3 is 0 Å². The summed E-state index contributed by atoms with van der Waals surface area (Å²) >= 11 is 0. The molecule has 0 radical (unpaired) electrons. The predicted molar refractivity (Wildman–Crippen MR) is 98.9 cm³/mol. The van der Waals surface area contributed by atoms with E-state index in [4.69, 9.17) is 9.47 Å². The highest BCUT2D eigenvalue weighted by Gasteiger charge is 2.43. The molecule has 1 spiro atoms. The van der Waals surface area contributed by atoms with Crippen molar-refractivity contribution in [3.05, 3.63) is 54.5 Å². The lowest BCUT2D eigenvalue weighted by molar-refractivity contribution is -0.0456. The van der Waals surface area contributed by atoms with Crippen LogP contribution in [0.3, 0.4) is 0 Å². The van der Waals surface area contributed by atoms with E-state index in [0.717, 1.165) is 19.5 Å². The van der Waals surface area contributed by atoms with Crippen LogP contribution in [0.2, 0.25) is 0 Å². The molecule has 2 aliphatic heterocycles. The van der Waals surface area contributed by atoms with Crippen LogP contribution < -0.4 is 10.2 Å². The van der Waals surface area contributed by atoms with Crippen LogP contribution in [-0.2, 0) is 9.47 Å². The first-order valence-electron chi connectivity index (χ1n) is 9.10. The summed E-state index contributed by atoms with van der Waals surface area (Å²) in [7, 11) is 0. The molecule has 0 saturated carbocycles. The molecule has 5 nitrogen and oxygen atoms in total. The molecule has 26 heavy (non-hydrogen) atoms. The first-order chi connectivity index (χ1) is 12.7. The minimum atomic E-state index is -0.325. The molecule has 1 N–H and O–H groups in total. The van der Waals surface area contributed by atoms with Gasteiger partial charge in [0.05, 0.1) is 19.8 Å². The number of hydrogen-bond donors (Lipinski definition) is 1. The Labute approximate surface area is 153 Å². The lowest BCUT2D eigenvalue weighted by atomic mass is 9.94. The summed E-state index contributed by atoms with van der Waals surface area (Å²) in [6.07, 6.45) is 2.48. The molecule has 138 valence electrons. The molecule has 2 aliphatic rings. The van der Waals surface area contributed by atoms with E-state index in [1.807, 2.05) is 6.07 Å². The van der Waals surface area contributed by atoms with Crippen LogP contribution in [-0.4, -0.2) is 50.0 Å². The number of nitrogens with zero attached hydrogens (tertiary/aromatic N) is 2. The lowest BCUT2D eigenvalue weighted by Crippen LogP contribution is -2.44. The first kappa shape index (κ1) is 17.2.